The molecule has 0 aromatic heterocycles. The summed E-state index contributed by atoms with van der Waals surface area (Å²) in [5, 5.41) is 19.1. The van der Waals surface area contributed by atoms with Gasteiger partial charge in [0, 0.05) is 12.2 Å². The topological polar surface area (TPSA) is 108 Å². The molecule has 0 saturated carbocycles. The van der Waals surface area contributed by atoms with Crippen molar-refractivity contribution < 1.29 is 9.90 Å². The maximum Gasteiger partial charge on any atom is 0.255 e. The molecule has 0 heterocycles. The second kappa shape index (κ2) is 9.18. The summed E-state index contributed by atoms with van der Waals surface area (Å²) in [4.78, 5) is 36.7. The van der Waals surface area contributed by atoms with Gasteiger partial charge in [0.25, 0.3) is 16.8 Å². The zero-order chi connectivity index (χ0) is 22.5. The van der Waals surface area contributed by atoms with Crippen molar-refractivity contribution >= 4 is 28.7 Å². The van der Waals surface area contributed by atoms with Gasteiger partial charge >= 0.3 is 0 Å². The van der Waals surface area contributed by atoms with Gasteiger partial charge in [0.1, 0.15) is 11.4 Å². The molecule has 32 heavy (non-hydrogen) atoms. The fourth-order valence-corrected chi connectivity index (χ4v) is 3.32. The minimum atomic E-state index is -0.694. The largest absolute Gasteiger partial charge is 0.505 e. The Balaban J connectivity index is 1.47. The van der Waals surface area contributed by atoms with Crippen molar-refractivity contribution in [1.29, 1.82) is 0 Å². The Kier molecular flexibility index (Phi) is 5.98. The molecule has 4 rings (SSSR count). The number of anilines is 4. The van der Waals surface area contributed by atoms with Crippen LogP contribution < -0.4 is 26.8 Å². The Labute approximate surface area is 184 Å². The molecule has 0 aliphatic heterocycles. The van der Waals surface area contributed by atoms with Gasteiger partial charge in [-0.15, -0.1) is 0 Å². The van der Waals surface area contributed by atoms with Crippen LogP contribution in [-0.4, -0.2) is 17.6 Å². The van der Waals surface area contributed by atoms with E-state index in [1.165, 1.54) is 12.1 Å². The lowest BCUT2D eigenvalue weighted by molar-refractivity contribution is 0.0951. The van der Waals surface area contributed by atoms with Crippen LogP contribution in [0.25, 0.3) is 0 Å². The summed E-state index contributed by atoms with van der Waals surface area (Å²) >= 11 is 0. The molecule has 4 N–H and O–H groups in total. The van der Waals surface area contributed by atoms with Gasteiger partial charge in [-0.3, -0.25) is 14.4 Å². The fourth-order valence-electron chi connectivity index (χ4n) is 3.32. The van der Waals surface area contributed by atoms with Crippen LogP contribution in [-0.2, 0) is 6.42 Å². The first-order valence-corrected chi connectivity index (χ1v) is 10.1. The fraction of sp³-hybridized carbons (Fsp3) is 0.0800. The third-order valence-electron chi connectivity index (χ3n) is 5.04. The smallest absolute Gasteiger partial charge is 0.255 e. The number of para-hydroxylation sites is 2. The lowest BCUT2D eigenvalue weighted by Gasteiger charge is -2.16. The number of hydrogen-bond acceptors (Lipinski definition) is 6. The lowest BCUT2D eigenvalue weighted by Crippen LogP contribution is -2.35. The molecule has 0 aliphatic rings. The minimum absolute atomic E-state index is 0.0378. The van der Waals surface area contributed by atoms with Gasteiger partial charge in [-0.05, 0) is 36.2 Å². The predicted molar refractivity (Wildman–Crippen MR) is 125 cm³/mol. The van der Waals surface area contributed by atoms with Gasteiger partial charge in [-0.2, -0.15) is 0 Å². The molecule has 0 unspecified atom stereocenters. The highest BCUT2D eigenvalue weighted by atomic mass is 16.3. The number of phenolic OH excluding ortho intramolecular Hbond substituents is 1. The van der Waals surface area contributed by atoms with E-state index in [4.69, 9.17) is 0 Å². The van der Waals surface area contributed by atoms with Gasteiger partial charge < -0.3 is 21.1 Å². The first-order valence-electron chi connectivity index (χ1n) is 10.1. The van der Waals surface area contributed by atoms with E-state index in [9.17, 15) is 19.5 Å². The highest BCUT2D eigenvalue weighted by molar-refractivity contribution is 5.99. The molecule has 160 valence electrons. The van der Waals surface area contributed by atoms with E-state index in [2.05, 4.69) is 16.0 Å². The molecule has 4 aromatic rings. The van der Waals surface area contributed by atoms with Crippen LogP contribution in [0.3, 0.4) is 0 Å². The molecule has 0 fully saturated rings. The van der Waals surface area contributed by atoms with Crippen molar-refractivity contribution in [3.63, 3.8) is 0 Å². The van der Waals surface area contributed by atoms with Crippen LogP contribution >= 0.6 is 0 Å². The predicted octanol–water partition coefficient (Wildman–Crippen LogP) is 3.45. The summed E-state index contributed by atoms with van der Waals surface area (Å²) in [5.74, 6) is -0.738. The molecule has 0 aliphatic carbocycles. The summed E-state index contributed by atoms with van der Waals surface area (Å²) < 4.78 is 0. The van der Waals surface area contributed by atoms with Crippen LogP contribution in [0.2, 0.25) is 0 Å². The molecule has 7 heteroatoms. The van der Waals surface area contributed by atoms with Crippen molar-refractivity contribution in [3.05, 3.63) is 110 Å². The van der Waals surface area contributed by atoms with E-state index in [-0.39, 0.29) is 28.4 Å². The molecule has 0 atom stereocenters. The Morgan fingerprint density at radius 3 is 2.06 bits per heavy atom. The number of benzene rings is 3. The monoisotopic (exact) mass is 427 g/mol. The summed E-state index contributed by atoms with van der Waals surface area (Å²) in [6.45, 7) is 0.406. The number of nitrogens with one attached hydrogen (secondary N) is 3. The maximum atomic E-state index is 12.6. The van der Waals surface area contributed by atoms with E-state index in [0.29, 0.717) is 18.7 Å². The molecule has 0 radical (unpaired) electrons. The molecule has 0 saturated heterocycles. The van der Waals surface area contributed by atoms with E-state index < -0.39 is 16.8 Å². The molecule has 4 aromatic carbocycles. The van der Waals surface area contributed by atoms with Crippen molar-refractivity contribution in [1.82, 2.24) is 5.32 Å². The summed E-state index contributed by atoms with van der Waals surface area (Å²) in [6, 6.07) is 23.3. The average molecular weight is 427 g/mol. The van der Waals surface area contributed by atoms with Gasteiger partial charge in [0.05, 0.1) is 11.3 Å². The molecular weight excluding hydrogens is 406 g/mol. The normalized spacial score (nSPS) is 10.6. The number of carbonyl (C=O) groups excluding carboxylic acids is 1. The maximum absolute atomic E-state index is 12.6. The molecule has 0 bridgehead atoms. The Bertz CT molecular complexity index is 1310. The highest BCUT2D eigenvalue weighted by Crippen LogP contribution is 2.32. The van der Waals surface area contributed by atoms with Crippen molar-refractivity contribution in [2.45, 2.75) is 6.42 Å². The molecule has 7 nitrogen and oxygen atoms in total. The van der Waals surface area contributed by atoms with Crippen molar-refractivity contribution in [3.8, 4) is 5.75 Å². The van der Waals surface area contributed by atoms with Gasteiger partial charge in [-0.1, -0.05) is 54.6 Å². The quantitative estimate of drug-likeness (QED) is 0.253. The Hall–Kier alpha value is -4.39. The van der Waals surface area contributed by atoms with Crippen molar-refractivity contribution in [2.24, 2.45) is 0 Å². The number of phenols is 1. The third-order valence-corrected chi connectivity index (χ3v) is 5.04. The zero-order valence-corrected chi connectivity index (χ0v) is 17.1. The Morgan fingerprint density at radius 2 is 1.38 bits per heavy atom. The highest BCUT2D eigenvalue weighted by Gasteiger charge is 2.23. The lowest BCUT2D eigenvalue weighted by atomic mass is 10.1. The zero-order valence-electron chi connectivity index (χ0n) is 17.1. The van der Waals surface area contributed by atoms with E-state index in [1.807, 2.05) is 36.4 Å². The van der Waals surface area contributed by atoms with E-state index in [0.717, 1.165) is 5.56 Å². The molecule has 0 spiro atoms. The minimum Gasteiger partial charge on any atom is -0.505 e. The van der Waals surface area contributed by atoms with Crippen LogP contribution in [0.15, 0.2) is 88.5 Å². The first-order chi connectivity index (χ1) is 15.5. The number of amides is 1. The van der Waals surface area contributed by atoms with Crippen LogP contribution in [0.5, 0.6) is 5.75 Å². The van der Waals surface area contributed by atoms with Gasteiger partial charge in [0.2, 0.25) is 0 Å². The summed E-state index contributed by atoms with van der Waals surface area (Å²) in [7, 11) is 0. The standard InChI is InChI=1S/C25H21N3O4/c29-22-18(25(32)26-15-14-16-8-3-1-4-9-16)12-7-13-19(22)28-21-20(23(30)24(21)31)27-17-10-5-2-6-11-17/h1-13,27-29H,14-15H2,(H,26,32). The first kappa shape index (κ1) is 20.9. The van der Waals surface area contributed by atoms with Crippen LogP contribution in [0, 0.1) is 0 Å². The number of rotatable bonds is 8. The van der Waals surface area contributed by atoms with Gasteiger partial charge in [-0.25, -0.2) is 0 Å². The molecular formula is C25H21N3O4. The van der Waals surface area contributed by atoms with E-state index in [1.54, 1.807) is 30.3 Å². The second-order valence-electron chi connectivity index (χ2n) is 7.22. The summed E-state index contributed by atoms with van der Waals surface area (Å²) in [5.41, 5.74) is 0.771. The van der Waals surface area contributed by atoms with Crippen LogP contribution in [0.1, 0.15) is 15.9 Å². The van der Waals surface area contributed by atoms with E-state index >= 15 is 0 Å². The Morgan fingerprint density at radius 1 is 0.750 bits per heavy atom. The average Bonchev–Trinajstić information content (AvgIpc) is 2.83. The number of hydrogen-bond donors (Lipinski definition) is 4. The number of aromatic hydroxyl groups is 1. The third kappa shape index (κ3) is 4.37. The summed E-state index contributed by atoms with van der Waals surface area (Å²) in [6.07, 6.45) is 0.656. The molecule has 1 amide bonds. The van der Waals surface area contributed by atoms with Crippen LogP contribution in [0.4, 0.5) is 22.7 Å². The van der Waals surface area contributed by atoms with Crippen molar-refractivity contribution in [2.75, 3.05) is 17.2 Å². The van der Waals surface area contributed by atoms with Gasteiger partial charge in [0.15, 0.2) is 5.75 Å². The second-order valence-corrected chi connectivity index (χ2v) is 7.22. The SMILES string of the molecule is O=C(NCCc1ccccc1)c1cccc(Nc2c(Nc3ccccc3)c(=O)c2=O)c1O. The number of carbonyl (C=O) groups is 1.